The van der Waals surface area contributed by atoms with E-state index in [1.807, 2.05) is 16.9 Å². The van der Waals surface area contributed by atoms with Gasteiger partial charge < -0.3 is 15.5 Å². The summed E-state index contributed by atoms with van der Waals surface area (Å²) >= 11 is 0. The van der Waals surface area contributed by atoms with Crippen LogP contribution in [0.25, 0.3) is 0 Å². The van der Waals surface area contributed by atoms with Gasteiger partial charge in [0.2, 0.25) is 0 Å². The maximum absolute atomic E-state index is 4.26. The molecule has 1 aromatic carbocycles. The number of benzene rings is 1. The van der Waals surface area contributed by atoms with Gasteiger partial charge in [-0.2, -0.15) is 5.10 Å². The zero-order valence-electron chi connectivity index (χ0n) is 14.9. The molecular formula is C18H28N6. The molecule has 24 heavy (non-hydrogen) atoms. The van der Waals surface area contributed by atoms with Crippen molar-refractivity contribution in [3.05, 3.63) is 53.9 Å². The van der Waals surface area contributed by atoms with Crippen molar-refractivity contribution in [1.82, 2.24) is 25.3 Å². The van der Waals surface area contributed by atoms with Gasteiger partial charge in [0, 0.05) is 45.6 Å². The van der Waals surface area contributed by atoms with Crippen LogP contribution in [0.3, 0.4) is 0 Å². The molecule has 1 aromatic heterocycles. The molecule has 6 heteroatoms. The lowest BCUT2D eigenvalue weighted by atomic mass is 10.1. The molecule has 6 nitrogen and oxygen atoms in total. The Labute approximate surface area is 144 Å². The number of aryl methyl sites for hydroxylation is 1. The van der Waals surface area contributed by atoms with Crippen LogP contribution in [0.1, 0.15) is 17.5 Å². The molecule has 0 unspecified atom stereocenters. The highest BCUT2D eigenvalue weighted by Crippen LogP contribution is 2.05. The Morgan fingerprint density at radius 3 is 2.54 bits per heavy atom. The molecule has 0 fully saturated rings. The van der Waals surface area contributed by atoms with Gasteiger partial charge in [0.15, 0.2) is 5.96 Å². The fourth-order valence-electron chi connectivity index (χ4n) is 2.41. The maximum Gasteiger partial charge on any atom is 0.191 e. The lowest BCUT2D eigenvalue weighted by Gasteiger charge is -2.13. The largest absolute Gasteiger partial charge is 0.356 e. The fourth-order valence-corrected chi connectivity index (χ4v) is 2.41. The predicted molar refractivity (Wildman–Crippen MR) is 98.9 cm³/mol. The molecule has 0 radical (unpaired) electrons. The second kappa shape index (κ2) is 9.72. The van der Waals surface area contributed by atoms with Gasteiger partial charge in [-0.3, -0.25) is 9.67 Å². The van der Waals surface area contributed by atoms with Gasteiger partial charge in [-0.15, -0.1) is 0 Å². The number of nitrogens with zero attached hydrogens (tertiary/aromatic N) is 4. The minimum atomic E-state index is 0.765. The quantitative estimate of drug-likeness (QED) is 0.440. The summed E-state index contributed by atoms with van der Waals surface area (Å²) in [5.41, 5.74) is 2.57. The summed E-state index contributed by atoms with van der Waals surface area (Å²) in [6.07, 6.45) is 4.78. The van der Waals surface area contributed by atoms with Gasteiger partial charge >= 0.3 is 0 Å². The van der Waals surface area contributed by atoms with E-state index in [2.05, 4.69) is 64.0 Å². The van der Waals surface area contributed by atoms with Crippen molar-refractivity contribution in [2.75, 3.05) is 27.7 Å². The van der Waals surface area contributed by atoms with E-state index in [0.29, 0.717) is 0 Å². The van der Waals surface area contributed by atoms with Gasteiger partial charge in [-0.05, 0) is 37.7 Å². The lowest BCUT2D eigenvalue weighted by molar-refractivity contribution is 0.402. The molecule has 0 aliphatic carbocycles. The van der Waals surface area contributed by atoms with Gasteiger partial charge in [0.1, 0.15) is 0 Å². The number of hydrogen-bond acceptors (Lipinski definition) is 3. The summed E-state index contributed by atoms with van der Waals surface area (Å²) < 4.78 is 1.94. The first kappa shape index (κ1) is 18.0. The second-order valence-corrected chi connectivity index (χ2v) is 6.03. The first-order valence-electron chi connectivity index (χ1n) is 8.32. The number of hydrogen-bond donors (Lipinski definition) is 2. The summed E-state index contributed by atoms with van der Waals surface area (Å²) in [7, 11) is 5.96. The smallest absolute Gasteiger partial charge is 0.191 e. The van der Waals surface area contributed by atoms with E-state index in [-0.39, 0.29) is 0 Å². The molecule has 2 N–H and O–H groups in total. The first-order valence-corrected chi connectivity index (χ1v) is 8.32. The Morgan fingerprint density at radius 1 is 1.17 bits per heavy atom. The van der Waals surface area contributed by atoms with Gasteiger partial charge in [-0.25, -0.2) is 0 Å². The molecule has 0 aliphatic heterocycles. The Bertz CT molecular complexity index is 601. The highest BCUT2D eigenvalue weighted by atomic mass is 15.3. The average Bonchev–Trinajstić information content (AvgIpc) is 3.08. The Hall–Kier alpha value is -2.34. The molecule has 1 heterocycles. The van der Waals surface area contributed by atoms with Crippen molar-refractivity contribution in [3.63, 3.8) is 0 Å². The highest BCUT2D eigenvalue weighted by molar-refractivity contribution is 5.79. The van der Waals surface area contributed by atoms with E-state index in [4.69, 9.17) is 0 Å². The highest BCUT2D eigenvalue weighted by Gasteiger charge is 2.00. The molecule has 0 saturated carbocycles. The van der Waals surface area contributed by atoms with E-state index in [1.165, 1.54) is 11.1 Å². The van der Waals surface area contributed by atoms with Crippen LogP contribution in [-0.4, -0.2) is 48.3 Å². The number of guanidine groups is 1. The van der Waals surface area contributed by atoms with Gasteiger partial charge in [0.25, 0.3) is 0 Å². The van der Waals surface area contributed by atoms with Crippen LogP contribution < -0.4 is 10.6 Å². The minimum absolute atomic E-state index is 0.765. The number of aliphatic imine (C=N–C) groups is 1. The standard InChI is InChI=1S/C18H28N6/c1-19-18(20-10-4-12-24-13-5-11-22-24)21-14-16-6-8-17(9-7-16)15-23(2)3/h5-9,11,13H,4,10,12,14-15H2,1-3H3,(H2,19,20,21). The molecule has 0 aliphatic rings. The molecule has 2 rings (SSSR count). The maximum atomic E-state index is 4.26. The van der Waals surface area contributed by atoms with Crippen LogP contribution in [0.2, 0.25) is 0 Å². The molecule has 2 aromatic rings. The van der Waals surface area contributed by atoms with E-state index in [9.17, 15) is 0 Å². The van der Waals surface area contributed by atoms with Crippen LogP contribution in [-0.2, 0) is 19.6 Å². The molecule has 0 saturated heterocycles. The Morgan fingerprint density at radius 2 is 1.92 bits per heavy atom. The second-order valence-electron chi connectivity index (χ2n) is 6.03. The number of nitrogens with one attached hydrogen (secondary N) is 2. The van der Waals surface area contributed by atoms with E-state index >= 15 is 0 Å². The van der Waals surface area contributed by atoms with Crippen LogP contribution in [0.15, 0.2) is 47.7 Å². The number of aromatic nitrogens is 2. The van der Waals surface area contributed by atoms with Crippen molar-refractivity contribution in [2.24, 2.45) is 4.99 Å². The molecule has 0 bridgehead atoms. The van der Waals surface area contributed by atoms with Crippen LogP contribution >= 0.6 is 0 Å². The van der Waals surface area contributed by atoms with Crippen LogP contribution in [0, 0.1) is 0 Å². The number of rotatable bonds is 8. The third-order valence-corrected chi connectivity index (χ3v) is 3.62. The van der Waals surface area contributed by atoms with E-state index < -0.39 is 0 Å². The van der Waals surface area contributed by atoms with Crippen molar-refractivity contribution < 1.29 is 0 Å². The Balaban J connectivity index is 1.69. The SMILES string of the molecule is CN=C(NCCCn1cccn1)NCc1ccc(CN(C)C)cc1. The van der Waals surface area contributed by atoms with Crippen molar-refractivity contribution in [3.8, 4) is 0 Å². The normalized spacial score (nSPS) is 11.8. The molecule has 0 atom stereocenters. The third-order valence-electron chi connectivity index (χ3n) is 3.62. The minimum Gasteiger partial charge on any atom is -0.356 e. The summed E-state index contributed by atoms with van der Waals surface area (Å²) in [5, 5.41) is 10.9. The zero-order chi connectivity index (χ0) is 17.2. The molecule has 0 amide bonds. The van der Waals surface area contributed by atoms with Crippen molar-refractivity contribution >= 4 is 5.96 Å². The van der Waals surface area contributed by atoms with E-state index in [1.54, 1.807) is 13.2 Å². The summed E-state index contributed by atoms with van der Waals surface area (Å²) in [6.45, 7) is 3.50. The predicted octanol–water partition coefficient (Wildman–Crippen LogP) is 1.70. The van der Waals surface area contributed by atoms with Crippen LogP contribution in [0.4, 0.5) is 0 Å². The monoisotopic (exact) mass is 328 g/mol. The molecule has 0 spiro atoms. The summed E-state index contributed by atoms with van der Waals surface area (Å²) in [4.78, 5) is 6.43. The first-order chi connectivity index (χ1) is 11.7. The van der Waals surface area contributed by atoms with Crippen LogP contribution in [0.5, 0.6) is 0 Å². The average molecular weight is 328 g/mol. The topological polar surface area (TPSA) is 57.5 Å². The molecular weight excluding hydrogens is 300 g/mol. The van der Waals surface area contributed by atoms with Gasteiger partial charge in [0.05, 0.1) is 0 Å². The summed E-state index contributed by atoms with van der Waals surface area (Å²) in [6, 6.07) is 10.6. The zero-order valence-corrected chi connectivity index (χ0v) is 14.9. The third kappa shape index (κ3) is 6.42. The van der Waals surface area contributed by atoms with E-state index in [0.717, 1.165) is 38.6 Å². The van der Waals surface area contributed by atoms with Crippen molar-refractivity contribution in [1.29, 1.82) is 0 Å². The fraction of sp³-hybridized carbons (Fsp3) is 0.444. The summed E-state index contributed by atoms with van der Waals surface area (Å²) in [5.74, 6) is 0.827. The lowest BCUT2D eigenvalue weighted by Crippen LogP contribution is -2.37. The van der Waals surface area contributed by atoms with Crippen molar-refractivity contribution in [2.45, 2.75) is 26.1 Å². The Kier molecular flexibility index (Phi) is 7.29. The molecule has 130 valence electrons. The van der Waals surface area contributed by atoms with Gasteiger partial charge in [-0.1, -0.05) is 24.3 Å².